The van der Waals surface area contributed by atoms with Crippen LogP contribution in [0.1, 0.15) is 39.2 Å². The molecule has 1 fully saturated rings. The average molecular weight is 508 g/mol. The number of guanidine groups is 1. The van der Waals surface area contributed by atoms with Gasteiger partial charge in [0.1, 0.15) is 0 Å². The van der Waals surface area contributed by atoms with Gasteiger partial charge < -0.3 is 10.6 Å². The van der Waals surface area contributed by atoms with Gasteiger partial charge in [-0.15, -0.1) is 24.0 Å². The molecule has 0 unspecified atom stereocenters. The third-order valence-corrected chi connectivity index (χ3v) is 4.86. The lowest BCUT2D eigenvalue weighted by molar-refractivity contribution is 0.0744. The number of rotatable bonds is 8. The second-order valence-electron chi connectivity index (χ2n) is 8.13. The van der Waals surface area contributed by atoms with Crippen LogP contribution >= 0.6 is 24.0 Å². The highest BCUT2D eigenvalue weighted by molar-refractivity contribution is 14.0. The standard InChI is InChI=1S/C21H34F2N4.HI/c1-4-24-20(26-18-10-12-27(13-11-18)15-19(22)23)25-16-21(2,3)14-17-8-6-5-7-9-17;/h5-9,18-19H,4,10-16H2,1-3H3,(H2,24,25,26);1H. The van der Waals surface area contributed by atoms with Crippen molar-refractivity contribution in [3.63, 3.8) is 0 Å². The van der Waals surface area contributed by atoms with Crippen LogP contribution in [0, 0.1) is 5.41 Å². The Labute approximate surface area is 185 Å². The Morgan fingerprint density at radius 1 is 1.21 bits per heavy atom. The summed E-state index contributed by atoms with van der Waals surface area (Å²) >= 11 is 0. The Hall–Kier alpha value is -0.960. The number of alkyl halides is 2. The lowest BCUT2D eigenvalue weighted by Crippen LogP contribution is -2.49. The number of aliphatic imine (C=N–C) groups is 1. The van der Waals surface area contributed by atoms with E-state index in [1.165, 1.54) is 5.56 Å². The maximum Gasteiger partial charge on any atom is 0.251 e. The molecule has 0 atom stereocenters. The van der Waals surface area contributed by atoms with E-state index in [0.29, 0.717) is 13.1 Å². The van der Waals surface area contributed by atoms with Crippen LogP contribution in [-0.4, -0.2) is 56.1 Å². The van der Waals surface area contributed by atoms with E-state index in [1.54, 1.807) is 0 Å². The Bertz CT molecular complexity index is 573. The molecule has 1 aromatic rings. The number of halogens is 3. The van der Waals surface area contributed by atoms with Crippen LogP contribution < -0.4 is 10.6 Å². The summed E-state index contributed by atoms with van der Waals surface area (Å²) in [6.45, 7) is 9.34. The minimum Gasteiger partial charge on any atom is -0.357 e. The first-order valence-electron chi connectivity index (χ1n) is 9.97. The first-order valence-corrected chi connectivity index (χ1v) is 9.97. The van der Waals surface area contributed by atoms with Gasteiger partial charge in [0.25, 0.3) is 6.43 Å². The van der Waals surface area contributed by atoms with Gasteiger partial charge in [0.15, 0.2) is 5.96 Å². The fraction of sp³-hybridized carbons (Fsp3) is 0.667. The molecule has 0 aliphatic carbocycles. The van der Waals surface area contributed by atoms with E-state index in [4.69, 9.17) is 4.99 Å². The molecule has 2 rings (SSSR count). The van der Waals surface area contributed by atoms with Gasteiger partial charge in [-0.05, 0) is 37.2 Å². The minimum absolute atomic E-state index is 0. The fourth-order valence-electron chi connectivity index (χ4n) is 3.47. The van der Waals surface area contributed by atoms with Crippen LogP contribution in [0.3, 0.4) is 0 Å². The summed E-state index contributed by atoms with van der Waals surface area (Å²) < 4.78 is 25.0. The van der Waals surface area contributed by atoms with Crippen LogP contribution in [0.4, 0.5) is 8.78 Å². The highest BCUT2D eigenvalue weighted by Gasteiger charge is 2.23. The molecule has 0 aromatic heterocycles. The summed E-state index contributed by atoms with van der Waals surface area (Å²) in [5, 5.41) is 6.81. The van der Waals surface area contributed by atoms with E-state index in [-0.39, 0.29) is 42.0 Å². The molecule has 2 N–H and O–H groups in total. The number of benzene rings is 1. The molecule has 0 saturated carbocycles. The Morgan fingerprint density at radius 2 is 1.86 bits per heavy atom. The lowest BCUT2D eigenvalue weighted by atomic mass is 9.86. The van der Waals surface area contributed by atoms with Crippen molar-refractivity contribution in [2.75, 3.05) is 32.7 Å². The first-order chi connectivity index (χ1) is 12.9. The lowest BCUT2D eigenvalue weighted by Gasteiger charge is -2.33. The molecule has 160 valence electrons. The smallest absolute Gasteiger partial charge is 0.251 e. The van der Waals surface area contributed by atoms with Gasteiger partial charge in [-0.2, -0.15) is 0 Å². The largest absolute Gasteiger partial charge is 0.357 e. The van der Waals surface area contributed by atoms with Gasteiger partial charge in [-0.1, -0.05) is 44.2 Å². The number of hydrogen-bond donors (Lipinski definition) is 2. The predicted molar refractivity (Wildman–Crippen MR) is 124 cm³/mol. The van der Waals surface area contributed by atoms with Crippen molar-refractivity contribution in [3.8, 4) is 0 Å². The third kappa shape index (κ3) is 9.49. The number of nitrogens with zero attached hydrogens (tertiary/aromatic N) is 2. The quantitative estimate of drug-likeness (QED) is 0.315. The Balaban J connectivity index is 0.00000392. The molecule has 1 saturated heterocycles. The van der Waals surface area contributed by atoms with E-state index in [1.807, 2.05) is 11.0 Å². The van der Waals surface area contributed by atoms with E-state index >= 15 is 0 Å². The van der Waals surface area contributed by atoms with Gasteiger partial charge in [-0.3, -0.25) is 9.89 Å². The van der Waals surface area contributed by atoms with Crippen LogP contribution in [0.2, 0.25) is 0 Å². The predicted octanol–water partition coefficient (Wildman–Crippen LogP) is 4.16. The van der Waals surface area contributed by atoms with Crippen LogP contribution in [0.5, 0.6) is 0 Å². The van der Waals surface area contributed by atoms with Gasteiger partial charge in [0.05, 0.1) is 6.54 Å². The molecular weight excluding hydrogens is 473 g/mol. The molecule has 28 heavy (non-hydrogen) atoms. The summed E-state index contributed by atoms with van der Waals surface area (Å²) in [5.41, 5.74) is 1.38. The van der Waals surface area contributed by atoms with Gasteiger partial charge >= 0.3 is 0 Å². The molecule has 0 spiro atoms. The third-order valence-electron chi connectivity index (χ3n) is 4.86. The van der Waals surface area contributed by atoms with Crippen molar-refractivity contribution < 1.29 is 8.78 Å². The second kappa shape index (κ2) is 12.6. The average Bonchev–Trinajstić information content (AvgIpc) is 2.62. The summed E-state index contributed by atoms with van der Waals surface area (Å²) in [6, 6.07) is 10.8. The number of nitrogens with one attached hydrogen (secondary N) is 2. The Morgan fingerprint density at radius 3 is 2.43 bits per heavy atom. The molecule has 0 bridgehead atoms. The maximum atomic E-state index is 12.5. The van der Waals surface area contributed by atoms with Gasteiger partial charge in [-0.25, -0.2) is 8.78 Å². The molecule has 1 heterocycles. The zero-order valence-corrected chi connectivity index (χ0v) is 19.6. The summed E-state index contributed by atoms with van der Waals surface area (Å²) in [5.74, 6) is 0.825. The van der Waals surface area contributed by atoms with E-state index in [9.17, 15) is 8.78 Å². The van der Waals surface area contributed by atoms with Crippen molar-refractivity contribution in [1.29, 1.82) is 0 Å². The number of piperidine rings is 1. The topological polar surface area (TPSA) is 39.7 Å². The van der Waals surface area contributed by atoms with Gasteiger partial charge in [0.2, 0.25) is 0 Å². The molecule has 1 aromatic carbocycles. The van der Waals surface area contributed by atoms with Crippen LogP contribution in [0.25, 0.3) is 0 Å². The fourth-order valence-corrected chi connectivity index (χ4v) is 3.47. The number of hydrogen-bond acceptors (Lipinski definition) is 2. The summed E-state index contributed by atoms with van der Waals surface area (Å²) in [7, 11) is 0. The van der Waals surface area contributed by atoms with Crippen molar-refractivity contribution >= 4 is 29.9 Å². The monoisotopic (exact) mass is 508 g/mol. The molecule has 0 amide bonds. The first kappa shape index (κ1) is 25.1. The van der Waals surface area contributed by atoms with Crippen molar-refractivity contribution in [3.05, 3.63) is 35.9 Å². The summed E-state index contributed by atoms with van der Waals surface area (Å²) in [6.07, 6.45) is 0.456. The number of likely N-dealkylation sites (tertiary alicyclic amines) is 1. The summed E-state index contributed by atoms with van der Waals surface area (Å²) in [4.78, 5) is 6.65. The SMILES string of the molecule is CCNC(=NCC(C)(C)Cc1ccccc1)NC1CCN(CC(F)F)CC1.I. The molecule has 0 radical (unpaired) electrons. The molecule has 1 aliphatic heterocycles. The highest BCUT2D eigenvalue weighted by atomic mass is 127. The van der Waals surface area contributed by atoms with E-state index < -0.39 is 6.43 Å². The molecule has 7 heteroatoms. The highest BCUT2D eigenvalue weighted by Crippen LogP contribution is 2.22. The molecule has 4 nitrogen and oxygen atoms in total. The Kier molecular flexibility index (Phi) is 11.3. The van der Waals surface area contributed by atoms with Crippen molar-refractivity contribution in [1.82, 2.24) is 15.5 Å². The van der Waals surface area contributed by atoms with E-state index in [2.05, 4.69) is 55.7 Å². The van der Waals surface area contributed by atoms with Crippen molar-refractivity contribution in [2.45, 2.75) is 52.5 Å². The van der Waals surface area contributed by atoms with Crippen LogP contribution in [-0.2, 0) is 6.42 Å². The molecular formula is C21H35F2IN4. The second-order valence-corrected chi connectivity index (χ2v) is 8.13. The maximum absolute atomic E-state index is 12.5. The zero-order valence-electron chi connectivity index (χ0n) is 17.3. The van der Waals surface area contributed by atoms with Crippen molar-refractivity contribution in [2.24, 2.45) is 10.4 Å². The van der Waals surface area contributed by atoms with Crippen LogP contribution in [0.15, 0.2) is 35.3 Å². The minimum atomic E-state index is -2.25. The van der Waals surface area contributed by atoms with E-state index in [0.717, 1.165) is 38.3 Å². The van der Waals surface area contributed by atoms with Gasteiger partial charge in [0, 0.05) is 32.2 Å². The normalized spacial score (nSPS) is 16.7. The molecule has 1 aliphatic rings. The zero-order chi connectivity index (χ0) is 19.7.